The van der Waals surface area contributed by atoms with Gasteiger partial charge in [-0.2, -0.15) is 0 Å². The molecule has 6 nitrogen and oxygen atoms in total. The highest BCUT2D eigenvalue weighted by atomic mass is 32.2. The Labute approximate surface area is 141 Å². The number of carbonyl (C=O) groups excluding carboxylic acids is 1. The molecule has 0 aromatic heterocycles. The summed E-state index contributed by atoms with van der Waals surface area (Å²) in [5, 5.41) is 2.67. The van der Waals surface area contributed by atoms with Gasteiger partial charge in [0.1, 0.15) is 5.75 Å². The van der Waals surface area contributed by atoms with Crippen molar-refractivity contribution in [2.45, 2.75) is 24.8 Å². The Balaban J connectivity index is 2.13. The molecule has 0 bridgehead atoms. The molecule has 7 heteroatoms. The van der Waals surface area contributed by atoms with Crippen molar-refractivity contribution in [3.8, 4) is 5.75 Å². The van der Waals surface area contributed by atoms with Gasteiger partial charge in [0.2, 0.25) is 10.0 Å². The zero-order valence-electron chi connectivity index (χ0n) is 13.7. The fourth-order valence-electron chi connectivity index (χ4n) is 2.08. The van der Waals surface area contributed by atoms with Crippen LogP contribution in [0.4, 0.5) is 5.69 Å². The van der Waals surface area contributed by atoms with Crippen molar-refractivity contribution >= 4 is 21.6 Å². The number of aryl methyl sites for hydroxylation is 1. The van der Waals surface area contributed by atoms with Crippen molar-refractivity contribution in [3.05, 3.63) is 54.1 Å². The van der Waals surface area contributed by atoms with E-state index < -0.39 is 16.1 Å². The number of benzene rings is 2. The van der Waals surface area contributed by atoms with Crippen LogP contribution in [-0.2, 0) is 14.8 Å². The molecule has 1 unspecified atom stereocenters. The lowest BCUT2D eigenvalue weighted by molar-refractivity contribution is -0.122. The van der Waals surface area contributed by atoms with Gasteiger partial charge in [-0.1, -0.05) is 24.3 Å². The first kappa shape index (κ1) is 18.0. The Kier molecular flexibility index (Phi) is 5.58. The molecule has 0 spiro atoms. The van der Waals surface area contributed by atoms with Gasteiger partial charge < -0.3 is 10.1 Å². The smallest absolute Gasteiger partial charge is 0.265 e. The maximum Gasteiger partial charge on any atom is 0.265 e. The first-order valence-electron chi connectivity index (χ1n) is 7.40. The van der Waals surface area contributed by atoms with Crippen molar-refractivity contribution < 1.29 is 17.9 Å². The van der Waals surface area contributed by atoms with E-state index in [0.29, 0.717) is 17.0 Å². The molecule has 2 aromatic rings. The van der Waals surface area contributed by atoms with Gasteiger partial charge in [0, 0.05) is 5.69 Å². The summed E-state index contributed by atoms with van der Waals surface area (Å²) in [5.74, 6) is 0.220. The molecule has 0 radical (unpaired) electrons. The maximum atomic E-state index is 12.2. The van der Waals surface area contributed by atoms with Crippen molar-refractivity contribution in [1.82, 2.24) is 4.72 Å². The highest BCUT2D eigenvalue weighted by Gasteiger charge is 2.18. The van der Waals surface area contributed by atoms with E-state index >= 15 is 0 Å². The zero-order chi connectivity index (χ0) is 17.7. The SMILES string of the molecule is CNS(=O)(=O)c1cc(NC(=O)C(C)Oc2ccccc2)ccc1C. The Morgan fingerprint density at radius 1 is 1.12 bits per heavy atom. The Morgan fingerprint density at radius 3 is 2.42 bits per heavy atom. The third-order valence-electron chi connectivity index (χ3n) is 3.44. The van der Waals surface area contributed by atoms with Crippen LogP contribution in [0.2, 0.25) is 0 Å². The Bertz CT molecular complexity index is 820. The summed E-state index contributed by atoms with van der Waals surface area (Å²) in [7, 11) is -2.25. The fourth-order valence-corrected chi connectivity index (χ4v) is 3.07. The molecule has 1 amide bonds. The average Bonchev–Trinajstić information content (AvgIpc) is 2.57. The number of nitrogens with one attached hydrogen (secondary N) is 2. The monoisotopic (exact) mass is 348 g/mol. The maximum absolute atomic E-state index is 12.2. The Morgan fingerprint density at radius 2 is 1.79 bits per heavy atom. The van der Waals surface area contributed by atoms with E-state index in [9.17, 15) is 13.2 Å². The molecule has 128 valence electrons. The third kappa shape index (κ3) is 4.33. The molecular formula is C17H20N2O4S. The minimum Gasteiger partial charge on any atom is -0.481 e. The molecule has 0 fully saturated rings. The molecule has 0 heterocycles. The van der Waals surface area contributed by atoms with E-state index in [1.165, 1.54) is 13.1 Å². The first-order chi connectivity index (χ1) is 11.3. The van der Waals surface area contributed by atoms with E-state index in [-0.39, 0.29) is 10.8 Å². The summed E-state index contributed by atoms with van der Waals surface area (Å²) in [6.07, 6.45) is -0.724. The first-order valence-corrected chi connectivity index (χ1v) is 8.88. The van der Waals surface area contributed by atoms with Gasteiger partial charge in [-0.3, -0.25) is 4.79 Å². The van der Waals surface area contributed by atoms with Crippen molar-refractivity contribution in [2.24, 2.45) is 0 Å². The molecule has 0 aliphatic rings. The van der Waals surface area contributed by atoms with E-state index in [1.807, 2.05) is 18.2 Å². The fraction of sp³-hybridized carbons (Fsp3) is 0.235. The average molecular weight is 348 g/mol. The third-order valence-corrected chi connectivity index (χ3v) is 5.00. The molecule has 2 N–H and O–H groups in total. The van der Waals surface area contributed by atoms with Crippen LogP contribution >= 0.6 is 0 Å². The number of carbonyl (C=O) groups is 1. The summed E-state index contributed by atoms with van der Waals surface area (Å²) in [6.45, 7) is 3.32. The topological polar surface area (TPSA) is 84.5 Å². The summed E-state index contributed by atoms with van der Waals surface area (Å²) in [5.41, 5.74) is 0.985. The second kappa shape index (κ2) is 7.46. The van der Waals surface area contributed by atoms with Crippen LogP contribution in [0.1, 0.15) is 12.5 Å². The lowest BCUT2D eigenvalue weighted by Crippen LogP contribution is -2.30. The molecule has 2 rings (SSSR count). The summed E-state index contributed by atoms with van der Waals surface area (Å²) >= 11 is 0. The number of hydrogen-bond donors (Lipinski definition) is 2. The van der Waals surface area contributed by atoms with E-state index in [0.717, 1.165) is 0 Å². The van der Waals surface area contributed by atoms with Crippen LogP contribution in [0.3, 0.4) is 0 Å². The van der Waals surface area contributed by atoms with E-state index in [2.05, 4.69) is 10.0 Å². The number of amides is 1. The number of anilines is 1. The predicted octanol–water partition coefficient (Wildman–Crippen LogP) is 2.31. The standard InChI is InChI=1S/C17H20N2O4S/c1-12-9-10-14(11-16(12)24(21,22)18-3)19-17(20)13(2)23-15-7-5-4-6-8-15/h4-11,13,18H,1-3H3,(H,19,20). The molecule has 0 aliphatic carbocycles. The zero-order valence-corrected chi connectivity index (χ0v) is 14.6. The molecule has 0 aliphatic heterocycles. The largest absolute Gasteiger partial charge is 0.481 e. The van der Waals surface area contributed by atoms with Crippen molar-refractivity contribution in [3.63, 3.8) is 0 Å². The van der Waals surface area contributed by atoms with Gasteiger partial charge in [-0.25, -0.2) is 13.1 Å². The lowest BCUT2D eigenvalue weighted by Gasteiger charge is -2.15. The Hall–Kier alpha value is -2.38. The van der Waals surface area contributed by atoms with Gasteiger partial charge in [-0.15, -0.1) is 0 Å². The molecule has 2 aromatic carbocycles. The van der Waals surface area contributed by atoms with Crippen LogP contribution in [0.5, 0.6) is 5.75 Å². The summed E-state index contributed by atoms with van der Waals surface area (Å²) in [4.78, 5) is 12.4. The molecule has 0 saturated carbocycles. The summed E-state index contributed by atoms with van der Waals surface area (Å²) in [6, 6.07) is 13.7. The van der Waals surface area contributed by atoms with Gasteiger partial charge in [0.05, 0.1) is 4.90 Å². The lowest BCUT2D eigenvalue weighted by atomic mass is 10.2. The van der Waals surface area contributed by atoms with E-state index in [1.54, 1.807) is 38.1 Å². The van der Waals surface area contributed by atoms with Crippen molar-refractivity contribution in [1.29, 1.82) is 0 Å². The molecule has 24 heavy (non-hydrogen) atoms. The molecular weight excluding hydrogens is 328 g/mol. The second-order valence-corrected chi connectivity index (χ2v) is 7.11. The van der Waals surface area contributed by atoms with Crippen LogP contribution in [0, 0.1) is 6.92 Å². The van der Waals surface area contributed by atoms with E-state index in [4.69, 9.17) is 4.74 Å². The van der Waals surface area contributed by atoms with Crippen LogP contribution in [-0.4, -0.2) is 27.5 Å². The van der Waals surface area contributed by atoms with Gasteiger partial charge in [0.15, 0.2) is 6.10 Å². The quantitative estimate of drug-likeness (QED) is 0.839. The molecule has 1 atom stereocenters. The highest BCUT2D eigenvalue weighted by Crippen LogP contribution is 2.20. The minimum atomic E-state index is -3.59. The second-order valence-electron chi connectivity index (χ2n) is 5.25. The van der Waals surface area contributed by atoms with Gasteiger partial charge in [0.25, 0.3) is 5.91 Å². The van der Waals surface area contributed by atoms with Gasteiger partial charge >= 0.3 is 0 Å². The van der Waals surface area contributed by atoms with Crippen LogP contribution < -0.4 is 14.8 Å². The predicted molar refractivity (Wildman–Crippen MR) is 92.6 cm³/mol. The number of para-hydroxylation sites is 1. The van der Waals surface area contributed by atoms with Crippen LogP contribution in [0.15, 0.2) is 53.4 Å². The number of sulfonamides is 1. The minimum absolute atomic E-state index is 0.124. The highest BCUT2D eigenvalue weighted by molar-refractivity contribution is 7.89. The van der Waals surface area contributed by atoms with Crippen molar-refractivity contribution in [2.75, 3.05) is 12.4 Å². The molecule has 0 saturated heterocycles. The normalized spacial score (nSPS) is 12.5. The van der Waals surface area contributed by atoms with Gasteiger partial charge in [-0.05, 0) is 50.7 Å². The van der Waals surface area contributed by atoms with Crippen LogP contribution in [0.25, 0.3) is 0 Å². The summed E-state index contributed by atoms with van der Waals surface area (Å²) < 4.78 is 31.8. The number of rotatable bonds is 6. The number of hydrogen-bond acceptors (Lipinski definition) is 4. The number of ether oxygens (including phenoxy) is 1.